The number of aryl methyl sites for hydroxylation is 1. The topological polar surface area (TPSA) is 43.1 Å². The van der Waals surface area contributed by atoms with Crippen LogP contribution in [0.3, 0.4) is 0 Å². The number of pyridine rings is 1. The Kier molecular flexibility index (Phi) is 3.17. The number of halogens is 1. The Bertz CT molecular complexity index is 687. The van der Waals surface area contributed by atoms with Gasteiger partial charge in [0.05, 0.1) is 0 Å². The van der Waals surface area contributed by atoms with Crippen molar-refractivity contribution in [3.8, 4) is 11.5 Å². The van der Waals surface area contributed by atoms with E-state index < -0.39 is 0 Å². The van der Waals surface area contributed by atoms with E-state index in [2.05, 4.69) is 21.9 Å². The molecule has 0 aliphatic heterocycles. The first kappa shape index (κ1) is 12.1. The van der Waals surface area contributed by atoms with Gasteiger partial charge < -0.3 is 4.40 Å². The summed E-state index contributed by atoms with van der Waals surface area (Å²) in [4.78, 5) is 13.3. The predicted molar refractivity (Wildman–Crippen MR) is 75.2 cm³/mol. The van der Waals surface area contributed by atoms with Crippen LogP contribution in [0, 0.1) is 0 Å². The largest absolute Gasteiger partial charge is 0.306 e. The highest BCUT2D eigenvalue weighted by molar-refractivity contribution is 6.29. The number of nitrogens with zero attached hydrogens (tertiary/aromatic N) is 4. The van der Waals surface area contributed by atoms with Gasteiger partial charge in [-0.1, -0.05) is 31.0 Å². The maximum atomic E-state index is 6.05. The van der Waals surface area contributed by atoms with E-state index in [-0.39, 0.29) is 0 Å². The van der Waals surface area contributed by atoms with Gasteiger partial charge in [-0.25, -0.2) is 15.0 Å². The van der Waals surface area contributed by atoms with Crippen molar-refractivity contribution in [1.82, 2.24) is 19.4 Å². The zero-order valence-electron chi connectivity index (χ0n) is 10.5. The summed E-state index contributed by atoms with van der Waals surface area (Å²) in [7, 11) is 0. The standard InChI is InChI=1S/C14H13ClN4/c1-2-5-10-8-12(15)18-14(16-10)11-9-19-7-4-3-6-13(19)17-11/h3-4,6-9H,2,5H2,1H3. The maximum absolute atomic E-state index is 6.05. The van der Waals surface area contributed by atoms with Gasteiger partial charge in [0.25, 0.3) is 0 Å². The molecular formula is C14H13ClN4. The molecule has 0 saturated carbocycles. The van der Waals surface area contributed by atoms with Gasteiger partial charge in [0.15, 0.2) is 5.82 Å². The summed E-state index contributed by atoms with van der Waals surface area (Å²) in [6.07, 6.45) is 5.78. The van der Waals surface area contributed by atoms with Crippen LogP contribution in [0.4, 0.5) is 0 Å². The summed E-state index contributed by atoms with van der Waals surface area (Å²) in [5, 5.41) is 0.463. The smallest absolute Gasteiger partial charge is 0.181 e. The van der Waals surface area contributed by atoms with Gasteiger partial charge in [-0.2, -0.15) is 0 Å². The second-order valence-electron chi connectivity index (χ2n) is 4.35. The van der Waals surface area contributed by atoms with Crippen LogP contribution in [0.25, 0.3) is 17.2 Å². The van der Waals surface area contributed by atoms with Gasteiger partial charge in [-0.05, 0) is 24.6 Å². The third-order valence-corrected chi connectivity index (χ3v) is 3.04. The van der Waals surface area contributed by atoms with Crippen molar-refractivity contribution in [2.45, 2.75) is 19.8 Å². The molecule has 0 N–H and O–H groups in total. The van der Waals surface area contributed by atoms with Crippen molar-refractivity contribution in [2.75, 3.05) is 0 Å². The highest BCUT2D eigenvalue weighted by Gasteiger charge is 2.09. The fraction of sp³-hybridized carbons (Fsp3) is 0.214. The molecule has 96 valence electrons. The molecule has 3 aromatic rings. The third kappa shape index (κ3) is 2.44. The van der Waals surface area contributed by atoms with E-state index in [9.17, 15) is 0 Å². The minimum atomic E-state index is 0.463. The molecule has 0 amide bonds. The fourth-order valence-electron chi connectivity index (χ4n) is 2.01. The van der Waals surface area contributed by atoms with Crippen LogP contribution in [0.2, 0.25) is 5.15 Å². The van der Waals surface area contributed by atoms with Gasteiger partial charge in [-0.3, -0.25) is 0 Å². The normalized spacial score (nSPS) is 11.1. The van der Waals surface area contributed by atoms with Crippen molar-refractivity contribution < 1.29 is 0 Å². The predicted octanol–water partition coefficient (Wildman–Crippen LogP) is 3.40. The quantitative estimate of drug-likeness (QED) is 0.687. The Hall–Kier alpha value is -1.94. The first-order valence-corrected chi connectivity index (χ1v) is 6.61. The molecule has 0 aromatic carbocycles. The number of imidazole rings is 1. The zero-order valence-corrected chi connectivity index (χ0v) is 11.3. The van der Waals surface area contributed by atoms with Crippen LogP contribution in [0.5, 0.6) is 0 Å². The molecule has 0 aliphatic rings. The van der Waals surface area contributed by atoms with E-state index in [1.807, 2.05) is 41.1 Å². The van der Waals surface area contributed by atoms with Crippen molar-refractivity contribution in [1.29, 1.82) is 0 Å². The van der Waals surface area contributed by atoms with E-state index >= 15 is 0 Å². The summed E-state index contributed by atoms with van der Waals surface area (Å²) in [6, 6.07) is 7.67. The number of hydrogen-bond acceptors (Lipinski definition) is 3. The first-order valence-electron chi connectivity index (χ1n) is 6.24. The number of rotatable bonds is 3. The molecule has 0 radical (unpaired) electrons. The van der Waals surface area contributed by atoms with Crippen molar-refractivity contribution >= 4 is 17.2 Å². The summed E-state index contributed by atoms with van der Waals surface area (Å²) in [5.41, 5.74) is 2.57. The Labute approximate surface area is 116 Å². The lowest BCUT2D eigenvalue weighted by Gasteiger charge is -2.01. The molecule has 0 unspecified atom stereocenters. The average molecular weight is 273 g/mol. The van der Waals surface area contributed by atoms with Crippen LogP contribution in [-0.2, 0) is 6.42 Å². The van der Waals surface area contributed by atoms with Gasteiger partial charge in [-0.15, -0.1) is 0 Å². The molecule has 0 bridgehead atoms. The SMILES string of the molecule is CCCc1cc(Cl)nc(-c2cn3ccccc3n2)n1. The molecule has 0 spiro atoms. The molecule has 3 aromatic heterocycles. The Morgan fingerprint density at radius 3 is 2.89 bits per heavy atom. The molecule has 0 atom stereocenters. The summed E-state index contributed by atoms with van der Waals surface area (Å²) in [5.74, 6) is 0.583. The molecule has 3 heterocycles. The fourth-order valence-corrected chi connectivity index (χ4v) is 2.21. The maximum Gasteiger partial charge on any atom is 0.181 e. The highest BCUT2D eigenvalue weighted by Crippen LogP contribution is 2.18. The van der Waals surface area contributed by atoms with Crippen LogP contribution in [0.1, 0.15) is 19.0 Å². The summed E-state index contributed by atoms with van der Waals surface area (Å²) in [6.45, 7) is 2.11. The Morgan fingerprint density at radius 1 is 1.21 bits per heavy atom. The molecule has 5 heteroatoms. The van der Waals surface area contributed by atoms with E-state index in [0.717, 1.165) is 29.9 Å². The molecule has 19 heavy (non-hydrogen) atoms. The van der Waals surface area contributed by atoms with Crippen LogP contribution in [-0.4, -0.2) is 19.4 Å². The lowest BCUT2D eigenvalue weighted by Crippen LogP contribution is -1.96. The Morgan fingerprint density at radius 2 is 2.11 bits per heavy atom. The minimum absolute atomic E-state index is 0.463. The van der Waals surface area contributed by atoms with Crippen molar-refractivity contribution in [2.24, 2.45) is 0 Å². The highest BCUT2D eigenvalue weighted by atomic mass is 35.5. The number of fused-ring (bicyclic) bond motifs is 1. The lowest BCUT2D eigenvalue weighted by molar-refractivity contribution is 0.874. The van der Waals surface area contributed by atoms with Gasteiger partial charge in [0, 0.05) is 18.1 Å². The molecule has 0 fully saturated rings. The molecule has 3 rings (SSSR count). The second kappa shape index (κ2) is 4.97. The van der Waals surface area contributed by atoms with Crippen molar-refractivity contribution in [3.05, 3.63) is 47.5 Å². The van der Waals surface area contributed by atoms with E-state index in [0.29, 0.717) is 11.0 Å². The van der Waals surface area contributed by atoms with Gasteiger partial charge in [0.1, 0.15) is 16.5 Å². The molecule has 4 nitrogen and oxygen atoms in total. The monoisotopic (exact) mass is 272 g/mol. The zero-order chi connectivity index (χ0) is 13.2. The summed E-state index contributed by atoms with van der Waals surface area (Å²) >= 11 is 6.05. The van der Waals surface area contributed by atoms with Crippen LogP contribution >= 0.6 is 11.6 Å². The average Bonchev–Trinajstić information content (AvgIpc) is 2.82. The Balaban J connectivity index is 2.09. The van der Waals surface area contributed by atoms with E-state index in [1.54, 1.807) is 0 Å². The molecular weight excluding hydrogens is 260 g/mol. The summed E-state index contributed by atoms with van der Waals surface area (Å²) < 4.78 is 1.94. The van der Waals surface area contributed by atoms with E-state index in [1.165, 1.54) is 0 Å². The number of aromatic nitrogens is 4. The second-order valence-corrected chi connectivity index (χ2v) is 4.74. The molecule has 0 aliphatic carbocycles. The third-order valence-electron chi connectivity index (χ3n) is 2.85. The van der Waals surface area contributed by atoms with Crippen molar-refractivity contribution in [3.63, 3.8) is 0 Å². The number of hydrogen-bond donors (Lipinski definition) is 0. The molecule has 0 saturated heterocycles. The van der Waals surface area contributed by atoms with Gasteiger partial charge >= 0.3 is 0 Å². The van der Waals surface area contributed by atoms with Crippen LogP contribution in [0.15, 0.2) is 36.7 Å². The minimum Gasteiger partial charge on any atom is -0.306 e. The van der Waals surface area contributed by atoms with Gasteiger partial charge in [0.2, 0.25) is 0 Å². The first-order chi connectivity index (χ1) is 9.26. The van der Waals surface area contributed by atoms with E-state index in [4.69, 9.17) is 11.6 Å². The lowest BCUT2D eigenvalue weighted by atomic mass is 10.2. The van der Waals surface area contributed by atoms with Crippen LogP contribution < -0.4 is 0 Å².